The molecule has 2 saturated heterocycles. The van der Waals surface area contributed by atoms with Gasteiger partial charge in [0.25, 0.3) is 0 Å². The fourth-order valence-electron chi connectivity index (χ4n) is 3.60. The van der Waals surface area contributed by atoms with Gasteiger partial charge in [-0.25, -0.2) is 9.59 Å². The van der Waals surface area contributed by atoms with Gasteiger partial charge in [-0.3, -0.25) is 4.79 Å². The first-order valence-corrected chi connectivity index (χ1v) is 10.0. The van der Waals surface area contributed by atoms with Gasteiger partial charge in [-0.05, 0) is 48.5 Å². The molecule has 2 aromatic carbocycles. The van der Waals surface area contributed by atoms with Crippen molar-refractivity contribution >= 4 is 17.9 Å². The van der Waals surface area contributed by atoms with Crippen LogP contribution in [-0.4, -0.2) is 62.6 Å². The predicted molar refractivity (Wildman–Crippen MR) is 109 cm³/mol. The summed E-state index contributed by atoms with van der Waals surface area (Å²) in [6, 6.07) is 12.5. The van der Waals surface area contributed by atoms with Crippen LogP contribution in [0, 0.1) is 0 Å². The Hall–Kier alpha value is -3.43. The highest BCUT2D eigenvalue weighted by atomic mass is 16.7. The molecule has 2 aliphatic rings. The summed E-state index contributed by atoms with van der Waals surface area (Å²) in [5.74, 6) is -0.594. The molecule has 9 heteroatoms. The second-order valence-electron chi connectivity index (χ2n) is 7.33. The fourth-order valence-corrected chi connectivity index (χ4v) is 3.60. The lowest BCUT2D eigenvalue weighted by Gasteiger charge is -2.17. The molecule has 0 spiro atoms. The molecule has 2 aromatic rings. The van der Waals surface area contributed by atoms with E-state index in [1.807, 2.05) is 0 Å². The molecule has 0 saturated carbocycles. The van der Waals surface area contributed by atoms with Crippen LogP contribution in [0.25, 0.3) is 0 Å². The molecule has 168 valence electrons. The minimum Gasteiger partial charge on any atom is -0.497 e. The number of esters is 3. The van der Waals surface area contributed by atoms with Crippen molar-refractivity contribution < 1.29 is 42.8 Å². The molecule has 0 radical (unpaired) electrons. The Morgan fingerprint density at radius 3 is 1.78 bits per heavy atom. The number of benzene rings is 2. The molecule has 2 heterocycles. The summed E-state index contributed by atoms with van der Waals surface area (Å²) in [6.45, 7) is 1.66. The first-order valence-electron chi connectivity index (χ1n) is 10.0. The van der Waals surface area contributed by atoms with Gasteiger partial charge in [0, 0.05) is 6.92 Å². The summed E-state index contributed by atoms with van der Waals surface area (Å²) in [7, 11) is 1.54. The number of carbonyl (C=O) groups is 3. The maximum absolute atomic E-state index is 12.5. The molecule has 0 amide bonds. The minimum atomic E-state index is -0.611. The molecule has 0 aromatic heterocycles. The van der Waals surface area contributed by atoms with Crippen LogP contribution >= 0.6 is 0 Å². The standard InChI is InChI=1S/C23H22O9/c1-13(24)30-18-11-28-21-19(12-29-20(18)21)32-23(26)15-5-9-17(10-6-15)31-22(25)14-3-7-16(27-2)8-4-14/h3-10,18-21H,11-12H2,1-2H3/t18?,19-,20?,21?/m0/s1. The lowest BCUT2D eigenvalue weighted by atomic mass is 10.1. The zero-order chi connectivity index (χ0) is 22.7. The van der Waals surface area contributed by atoms with Gasteiger partial charge >= 0.3 is 17.9 Å². The average molecular weight is 442 g/mol. The molecule has 0 aliphatic carbocycles. The van der Waals surface area contributed by atoms with E-state index in [0.29, 0.717) is 11.3 Å². The zero-order valence-corrected chi connectivity index (χ0v) is 17.5. The summed E-state index contributed by atoms with van der Waals surface area (Å²) in [5, 5.41) is 0. The average Bonchev–Trinajstić information content (AvgIpc) is 3.37. The lowest BCUT2D eigenvalue weighted by Crippen LogP contribution is -2.35. The molecule has 32 heavy (non-hydrogen) atoms. The van der Waals surface area contributed by atoms with E-state index in [1.165, 1.54) is 31.2 Å². The third-order valence-electron chi connectivity index (χ3n) is 5.16. The number of fused-ring (bicyclic) bond motifs is 1. The number of rotatable bonds is 6. The minimum absolute atomic E-state index is 0.149. The fraction of sp³-hybridized carbons (Fsp3) is 0.348. The third kappa shape index (κ3) is 4.74. The van der Waals surface area contributed by atoms with Crippen molar-refractivity contribution in [3.8, 4) is 11.5 Å². The van der Waals surface area contributed by atoms with E-state index in [9.17, 15) is 14.4 Å². The van der Waals surface area contributed by atoms with Crippen LogP contribution in [-0.2, 0) is 23.7 Å². The topological polar surface area (TPSA) is 107 Å². The Labute approximate surface area is 184 Å². The summed E-state index contributed by atoms with van der Waals surface area (Å²) < 4.78 is 32.3. The monoisotopic (exact) mass is 442 g/mol. The maximum atomic E-state index is 12.5. The van der Waals surface area contributed by atoms with Crippen LogP contribution in [0.3, 0.4) is 0 Å². The van der Waals surface area contributed by atoms with Crippen molar-refractivity contribution in [2.24, 2.45) is 0 Å². The third-order valence-corrected chi connectivity index (χ3v) is 5.16. The normalized spacial score (nSPS) is 23.8. The van der Waals surface area contributed by atoms with Crippen molar-refractivity contribution in [3.63, 3.8) is 0 Å². The molecular formula is C23H22O9. The molecule has 4 atom stereocenters. The van der Waals surface area contributed by atoms with Gasteiger partial charge in [0.15, 0.2) is 12.2 Å². The van der Waals surface area contributed by atoms with Gasteiger partial charge in [-0.1, -0.05) is 0 Å². The molecular weight excluding hydrogens is 420 g/mol. The van der Waals surface area contributed by atoms with E-state index in [2.05, 4.69) is 0 Å². The van der Waals surface area contributed by atoms with Gasteiger partial charge in [0.1, 0.15) is 23.7 Å². The van der Waals surface area contributed by atoms with Crippen molar-refractivity contribution in [3.05, 3.63) is 59.7 Å². The highest BCUT2D eigenvalue weighted by Crippen LogP contribution is 2.31. The Kier molecular flexibility index (Phi) is 6.38. The van der Waals surface area contributed by atoms with Crippen LogP contribution < -0.4 is 9.47 Å². The van der Waals surface area contributed by atoms with Crippen LogP contribution in [0.1, 0.15) is 27.6 Å². The van der Waals surface area contributed by atoms with Crippen molar-refractivity contribution in [2.75, 3.05) is 20.3 Å². The van der Waals surface area contributed by atoms with Gasteiger partial charge in [-0.2, -0.15) is 0 Å². The van der Waals surface area contributed by atoms with Crippen molar-refractivity contribution in [2.45, 2.75) is 31.3 Å². The van der Waals surface area contributed by atoms with Gasteiger partial charge in [-0.15, -0.1) is 0 Å². The van der Waals surface area contributed by atoms with Gasteiger partial charge < -0.3 is 28.4 Å². The lowest BCUT2D eigenvalue weighted by molar-refractivity contribution is -0.151. The second kappa shape index (κ2) is 9.37. The summed E-state index contributed by atoms with van der Waals surface area (Å²) in [5.41, 5.74) is 0.654. The summed E-state index contributed by atoms with van der Waals surface area (Å²) >= 11 is 0. The number of methoxy groups -OCH3 is 1. The van der Waals surface area contributed by atoms with Crippen LogP contribution in [0.2, 0.25) is 0 Å². The van der Waals surface area contributed by atoms with Crippen molar-refractivity contribution in [1.29, 1.82) is 0 Å². The Morgan fingerprint density at radius 2 is 1.25 bits per heavy atom. The van der Waals surface area contributed by atoms with Crippen molar-refractivity contribution in [1.82, 2.24) is 0 Å². The first-order chi connectivity index (χ1) is 15.4. The van der Waals surface area contributed by atoms with E-state index in [1.54, 1.807) is 31.4 Å². The quantitative estimate of drug-likeness (QED) is 0.491. The zero-order valence-electron chi connectivity index (χ0n) is 17.5. The highest BCUT2D eigenvalue weighted by Gasteiger charge is 2.51. The smallest absolute Gasteiger partial charge is 0.343 e. The largest absolute Gasteiger partial charge is 0.497 e. The molecule has 4 rings (SSSR count). The molecule has 0 bridgehead atoms. The van der Waals surface area contributed by atoms with Gasteiger partial charge in [0.2, 0.25) is 0 Å². The van der Waals surface area contributed by atoms with E-state index in [4.69, 9.17) is 28.4 Å². The van der Waals surface area contributed by atoms with E-state index >= 15 is 0 Å². The molecule has 2 fully saturated rings. The number of carbonyl (C=O) groups excluding carboxylic acids is 3. The first kappa shape index (κ1) is 21.8. The molecule has 0 N–H and O–H groups in total. The van der Waals surface area contributed by atoms with Crippen LogP contribution in [0.4, 0.5) is 0 Å². The number of hydrogen-bond acceptors (Lipinski definition) is 9. The molecule has 3 unspecified atom stereocenters. The Bertz CT molecular complexity index is 984. The van der Waals surface area contributed by atoms with Crippen LogP contribution in [0.15, 0.2) is 48.5 Å². The summed E-state index contributed by atoms with van der Waals surface area (Å²) in [6.07, 6.45) is -2.08. The van der Waals surface area contributed by atoms with Gasteiger partial charge in [0.05, 0.1) is 31.5 Å². The molecule has 9 nitrogen and oxygen atoms in total. The maximum Gasteiger partial charge on any atom is 0.343 e. The van der Waals surface area contributed by atoms with E-state index in [-0.39, 0.29) is 24.5 Å². The Morgan fingerprint density at radius 1 is 0.750 bits per heavy atom. The van der Waals surface area contributed by atoms with Crippen LogP contribution in [0.5, 0.6) is 11.5 Å². The predicted octanol–water partition coefficient (Wildman–Crippen LogP) is 2.17. The SMILES string of the molecule is COc1ccc(C(=O)Oc2ccc(C(=O)O[C@H]3COC4C(OC(C)=O)COC43)cc2)cc1. The summed E-state index contributed by atoms with van der Waals surface area (Å²) in [4.78, 5) is 36.0. The van der Waals surface area contributed by atoms with E-state index < -0.39 is 42.3 Å². The molecule has 2 aliphatic heterocycles. The second-order valence-corrected chi connectivity index (χ2v) is 7.33. The van der Waals surface area contributed by atoms with E-state index in [0.717, 1.165) is 0 Å². The number of ether oxygens (including phenoxy) is 6. The highest BCUT2D eigenvalue weighted by molar-refractivity contribution is 5.92. The number of hydrogen-bond donors (Lipinski definition) is 0. The Balaban J connectivity index is 1.32.